The fraction of sp³-hybridized carbons (Fsp3) is 0.444. The van der Waals surface area contributed by atoms with Gasteiger partial charge in [0.05, 0.1) is 20.3 Å². The molecule has 22 heavy (non-hydrogen) atoms. The molecule has 1 aromatic heterocycles. The first-order chi connectivity index (χ1) is 10.8. The molecule has 1 aromatic carbocycles. The Balaban J connectivity index is 2.09. The summed E-state index contributed by atoms with van der Waals surface area (Å²) >= 11 is 1.83. The van der Waals surface area contributed by atoms with Gasteiger partial charge in [-0.3, -0.25) is 4.90 Å². The van der Waals surface area contributed by atoms with E-state index in [1.807, 2.05) is 11.3 Å². The van der Waals surface area contributed by atoms with Crippen LogP contribution >= 0.6 is 11.3 Å². The lowest BCUT2D eigenvalue weighted by Crippen LogP contribution is -2.36. The SMILES string of the molecule is CCCN1CCc2cc(OC)c(OC)cc2[C@H]1c1cccs1. The molecule has 2 heterocycles. The Kier molecular flexibility index (Phi) is 4.69. The molecule has 0 amide bonds. The second kappa shape index (κ2) is 6.71. The summed E-state index contributed by atoms with van der Waals surface area (Å²) in [6.07, 6.45) is 2.24. The summed E-state index contributed by atoms with van der Waals surface area (Å²) < 4.78 is 11.0. The van der Waals surface area contributed by atoms with Crippen molar-refractivity contribution in [3.05, 3.63) is 45.6 Å². The molecule has 0 spiro atoms. The highest BCUT2D eigenvalue weighted by molar-refractivity contribution is 7.10. The van der Waals surface area contributed by atoms with Crippen molar-refractivity contribution in [3.8, 4) is 11.5 Å². The molecule has 0 N–H and O–H groups in total. The molecule has 0 fully saturated rings. The summed E-state index contributed by atoms with van der Waals surface area (Å²) in [4.78, 5) is 3.99. The standard InChI is InChI=1S/C18H23NO2S/c1-4-8-19-9-7-13-11-15(20-2)16(21-3)12-14(13)18(19)17-6-5-10-22-17/h5-6,10-12,18H,4,7-9H2,1-3H3/t18-/m0/s1. The van der Waals surface area contributed by atoms with Crippen molar-refractivity contribution in [2.24, 2.45) is 0 Å². The highest BCUT2D eigenvalue weighted by Gasteiger charge is 2.30. The van der Waals surface area contributed by atoms with E-state index in [4.69, 9.17) is 9.47 Å². The Morgan fingerprint density at radius 1 is 1.23 bits per heavy atom. The monoisotopic (exact) mass is 317 g/mol. The van der Waals surface area contributed by atoms with Crippen LogP contribution < -0.4 is 9.47 Å². The van der Waals surface area contributed by atoms with Crippen LogP contribution in [0.2, 0.25) is 0 Å². The van der Waals surface area contributed by atoms with Gasteiger partial charge in [-0.2, -0.15) is 0 Å². The normalized spacial score (nSPS) is 18.0. The summed E-state index contributed by atoms with van der Waals surface area (Å²) in [5.41, 5.74) is 2.74. The number of hydrogen-bond acceptors (Lipinski definition) is 4. The highest BCUT2D eigenvalue weighted by atomic mass is 32.1. The van der Waals surface area contributed by atoms with E-state index in [0.717, 1.165) is 31.0 Å². The Morgan fingerprint density at radius 3 is 2.64 bits per heavy atom. The smallest absolute Gasteiger partial charge is 0.161 e. The van der Waals surface area contributed by atoms with Crippen LogP contribution in [0.5, 0.6) is 11.5 Å². The molecule has 3 nitrogen and oxygen atoms in total. The predicted octanol–water partition coefficient (Wildman–Crippen LogP) is 4.12. The zero-order valence-electron chi connectivity index (χ0n) is 13.5. The Bertz CT molecular complexity index is 624. The largest absolute Gasteiger partial charge is 0.493 e. The van der Waals surface area contributed by atoms with Gasteiger partial charge in [-0.15, -0.1) is 11.3 Å². The minimum atomic E-state index is 0.337. The van der Waals surface area contributed by atoms with Gasteiger partial charge in [0.15, 0.2) is 11.5 Å². The third kappa shape index (κ3) is 2.73. The molecule has 1 aliphatic rings. The highest BCUT2D eigenvalue weighted by Crippen LogP contribution is 2.42. The maximum atomic E-state index is 5.52. The third-order valence-electron chi connectivity index (χ3n) is 4.30. The first-order valence-corrected chi connectivity index (χ1v) is 8.68. The molecular formula is C18H23NO2S. The molecular weight excluding hydrogens is 294 g/mol. The van der Waals surface area contributed by atoms with E-state index in [9.17, 15) is 0 Å². The Morgan fingerprint density at radius 2 is 2.00 bits per heavy atom. The van der Waals surface area contributed by atoms with E-state index in [1.54, 1.807) is 14.2 Å². The molecule has 4 heteroatoms. The zero-order valence-corrected chi connectivity index (χ0v) is 14.3. The predicted molar refractivity (Wildman–Crippen MR) is 91.3 cm³/mol. The summed E-state index contributed by atoms with van der Waals surface area (Å²) in [6.45, 7) is 4.46. The van der Waals surface area contributed by atoms with Gasteiger partial charge in [0.1, 0.15) is 0 Å². The quantitative estimate of drug-likeness (QED) is 0.828. The second-order valence-electron chi connectivity index (χ2n) is 5.61. The molecule has 1 atom stereocenters. The minimum absolute atomic E-state index is 0.337. The number of thiophene rings is 1. The topological polar surface area (TPSA) is 21.7 Å². The number of methoxy groups -OCH3 is 2. The van der Waals surface area contributed by atoms with E-state index >= 15 is 0 Å². The first kappa shape index (κ1) is 15.4. The van der Waals surface area contributed by atoms with Crippen LogP contribution in [0.3, 0.4) is 0 Å². The Hall–Kier alpha value is -1.52. The third-order valence-corrected chi connectivity index (χ3v) is 5.22. The van der Waals surface area contributed by atoms with Gasteiger partial charge >= 0.3 is 0 Å². The van der Waals surface area contributed by atoms with Gasteiger partial charge in [0.2, 0.25) is 0 Å². The molecule has 0 unspecified atom stereocenters. The maximum Gasteiger partial charge on any atom is 0.161 e. The van der Waals surface area contributed by atoms with Crippen LogP contribution in [-0.2, 0) is 6.42 Å². The fourth-order valence-electron chi connectivity index (χ4n) is 3.31. The molecule has 2 aromatic rings. The molecule has 1 aliphatic heterocycles. The number of benzene rings is 1. The molecule has 0 saturated carbocycles. The van der Waals surface area contributed by atoms with Gasteiger partial charge in [0.25, 0.3) is 0 Å². The molecule has 0 aliphatic carbocycles. The molecule has 3 rings (SSSR count). The van der Waals surface area contributed by atoms with Crippen molar-refractivity contribution in [2.45, 2.75) is 25.8 Å². The van der Waals surface area contributed by atoms with Gasteiger partial charge in [-0.1, -0.05) is 13.0 Å². The lowest BCUT2D eigenvalue weighted by Gasteiger charge is -2.37. The van der Waals surface area contributed by atoms with Crippen molar-refractivity contribution in [2.75, 3.05) is 27.3 Å². The van der Waals surface area contributed by atoms with Crippen molar-refractivity contribution < 1.29 is 9.47 Å². The van der Waals surface area contributed by atoms with Crippen LogP contribution in [0.25, 0.3) is 0 Å². The molecule has 0 radical (unpaired) electrons. The van der Waals surface area contributed by atoms with Crippen LogP contribution in [0, 0.1) is 0 Å². The zero-order chi connectivity index (χ0) is 15.5. The fourth-order valence-corrected chi connectivity index (χ4v) is 4.18. The Labute approximate surface area is 136 Å². The van der Waals surface area contributed by atoms with E-state index in [1.165, 1.54) is 22.4 Å². The van der Waals surface area contributed by atoms with Crippen molar-refractivity contribution in [1.29, 1.82) is 0 Å². The van der Waals surface area contributed by atoms with Gasteiger partial charge < -0.3 is 9.47 Å². The summed E-state index contributed by atoms with van der Waals surface area (Å²) in [6, 6.07) is 9.03. The van der Waals surface area contributed by atoms with E-state index in [0.29, 0.717) is 6.04 Å². The molecule has 118 valence electrons. The van der Waals surface area contributed by atoms with Crippen LogP contribution in [-0.4, -0.2) is 32.2 Å². The minimum Gasteiger partial charge on any atom is -0.493 e. The number of hydrogen-bond donors (Lipinski definition) is 0. The van der Waals surface area contributed by atoms with E-state index in [-0.39, 0.29) is 0 Å². The second-order valence-corrected chi connectivity index (χ2v) is 6.59. The first-order valence-electron chi connectivity index (χ1n) is 7.80. The van der Waals surface area contributed by atoms with Crippen LogP contribution in [0.4, 0.5) is 0 Å². The van der Waals surface area contributed by atoms with Gasteiger partial charge in [0, 0.05) is 11.4 Å². The summed E-state index contributed by atoms with van der Waals surface area (Å²) in [7, 11) is 3.41. The van der Waals surface area contributed by atoms with Gasteiger partial charge in [-0.05, 0) is 54.1 Å². The number of nitrogens with zero attached hydrogens (tertiary/aromatic N) is 1. The van der Waals surface area contributed by atoms with Crippen molar-refractivity contribution in [3.63, 3.8) is 0 Å². The average Bonchev–Trinajstić information content (AvgIpc) is 3.07. The molecule has 0 bridgehead atoms. The number of rotatable bonds is 5. The summed E-state index contributed by atoms with van der Waals surface area (Å²) in [5, 5.41) is 2.16. The maximum absolute atomic E-state index is 5.52. The average molecular weight is 317 g/mol. The van der Waals surface area contributed by atoms with Crippen molar-refractivity contribution in [1.82, 2.24) is 4.90 Å². The number of ether oxygens (including phenoxy) is 2. The van der Waals surface area contributed by atoms with Crippen LogP contribution in [0.15, 0.2) is 29.6 Å². The van der Waals surface area contributed by atoms with Gasteiger partial charge in [-0.25, -0.2) is 0 Å². The van der Waals surface area contributed by atoms with E-state index in [2.05, 4.69) is 41.5 Å². The van der Waals surface area contributed by atoms with Crippen LogP contribution in [0.1, 0.15) is 35.4 Å². The summed E-state index contributed by atoms with van der Waals surface area (Å²) in [5.74, 6) is 1.65. The molecule has 0 saturated heterocycles. The van der Waals surface area contributed by atoms with Crippen molar-refractivity contribution >= 4 is 11.3 Å². The lowest BCUT2D eigenvalue weighted by molar-refractivity contribution is 0.215. The number of fused-ring (bicyclic) bond motifs is 1. The van der Waals surface area contributed by atoms with E-state index < -0.39 is 0 Å². The lowest BCUT2D eigenvalue weighted by atomic mass is 9.90.